The monoisotopic (exact) mass is 416 g/mol. The summed E-state index contributed by atoms with van der Waals surface area (Å²) in [6.45, 7) is 2.86. The van der Waals surface area contributed by atoms with Crippen molar-refractivity contribution in [3.8, 4) is 11.5 Å². The number of amides is 1. The maximum Gasteiger partial charge on any atom is 0.236 e. The van der Waals surface area contributed by atoms with Crippen LogP contribution >= 0.6 is 0 Å². The molecular weight excluding hydrogens is 380 g/mol. The van der Waals surface area contributed by atoms with E-state index in [0.717, 1.165) is 81.6 Å². The molecule has 2 saturated heterocycles. The molecule has 1 aromatic carbocycles. The Morgan fingerprint density at radius 1 is 1.07 bits per heavy atom. The molecule has 0 radical (unpaired) electrons. The number of aliphatic hydroxyl groups is 1. The molecule has 0 spiro atoms. The van der Waals surface area contributed by atoms with Crippen LogP contribution < -0.4 is 9.47 Å². The Hall–Kier alpha value is -1.79. The van der Waals surface area contributed by atoms with Gasteiger partial charge in [-0.1, -0.05) is 12.8 Å². The van der Waals surface area contributed by atoms with E-state index >= 15 is 0 Å². The molecule has 2 aliphatic heterocycles. The number of methoxy groups -OCH3 is 2. The number of ether oxygens (including phenoxy) is 2. The third kappa shape index (κ3) is 4.17. The van der Waals surface area contributed by atoms with Crippen molar-refractivity contribution in [2.75, 3.05) is 40.4 Å². The standard InChI is InChI=1S/C24H36N2O4/c1-29-18-9-10-21(30-2)19(16-18)23-20-8-4-5-11-24(20,28)12-15-26(23)17-22(27)25-13-6-3-7-14-25/h9-10,16,20,23,28H,3-8,11-15,17H2,1-2H3. The zero-order chi connectivity index (χ0) is 21.1. The molecule has 3 fully saturated rings. The summed E-state index contributed by atoms with van der Waals surface area (Å²) in [5.41, 5.74) is 0.357. The highest BCUT2D eigenvalue weighted by atomic mass is 16.5. The summed E-state index contributed by atoms with van der Waals surface area (Å²) < 4.78 is 11.2. The highest BCUT2D eigenvalue weighted by Crippen LogP contribution is 2.51. The number of carbonyl (C=O) groups excluding carboxylic acids is 1. The summed E-state index contributed by atoms with van der Waals surface area (Å²) in [5.74, 6) is 1.88. The molecule has 1 N–H and O–H groups in total. The van der Waals surface area contributed by atoms with E-state index < -0.39 is 5.60 Å². The Balaban J connectivity index is 1.67. The smallest absolute Gasteiger partial charge is 0.236 e. The number of piperidine rings is 2. The third-order valence-electron chi connectivity index (χ3n) is 7.47. The van der Waals surface area contributed by atoms with Crippen LogP contribution in [-0.2, 0) is 4.79 Å². The van der Waals surface area contributed by atoms with E-state index in [0.29, 0.717) is 6.54 Å². The number of benzene rings is 1. The molecule has 0 bridgehead atoms. The van der Waals surface area contributed by atoms with E-state index in [1.165, 1.54) is 6.42 Å². The second-order valence-corrected chi connectivity index (χ2v) is 9.17. The molecule has 1 aromatic rings. The Kier molecular flexibility index (Phi) is 6.54. The molecule has 6 nitrogen and oxygen atoms in total. The van der Waals surface area contributed by atoms with Crippen molar-refractivity contribution in [1.82, 2.24) is 9.80 Å². The summed E-state index contributed by atoms with van der Waals surface area (Å²) in [6, 6.07) is 5.82. The molecule has 166 valence electrons. The van der Waals surface area contributed by atoms with Crippen LogP contribution in [-0.4, -0.2) is 66.8 Å². The Morgan fingerprint density at radius 2 is 1.87 bits per heavy atom. The van der Waals surface area contributed by atoms with Gasteiger partial charge in [0.25, 0.3) is 0 Å². The van der Waals surface area contributed by atoms with Crippen LogP contribution in [0.15, 0.2) is 18.2 Å². The van der Waals surface area contributed by atoms with E-state index in [-0.39, 0.29) is 17.9 Å². The van der Waals surface area contributed by atoms with E-state index in [2.05, 4.69) is 4.90 Å². The fourth-order valence-electron chi connectivity index (χ4n) is 5.82. The third-order valence-corrected chi connectivity index (χ3v) is 7.47. The van der Waals surface area contributed by atoms with E-state index in [9.17, 15) is 9.90 Å². The van der Waals surface area contributed by atoms with E-state index in [1.54, 1.807) is 14.2 Å². The number of hydrogen-bond donors (Lipinski definition) is 1. The second kappa shape index (κ2) is 9.15. The fraction of sp³-hybridized carbons (Fsp3) is 0.708. The van der Waals surface area contributed by atoms with E-state index in [1.807, 2.05) is 23.1 Å². The Morgan fingerprint density at radius 3 is 2.60 bits per heavy atom. The van der Waals surface area contributed by atoms with Gasteiger partial charge in [-0.15, -0.1) is 0 Å². The van der Waals surface area contributed by atoms with Crippen molar-refractivity contribution >= 4 is 5.91 Å². The summed E-state index contributed by atoms with van der Waals surface area (Å²) in [5, 5.41) is 11.5. The molecule has 30 heavy (non-hydrogen) atoms. The quantitative estimate of drug-likeness (QED) is 0.797. The fourth-order valence-corrected chi connectivity index (χ4v) is 5.82. The van der Waals surface area contributed by atoms with Gasteiger partial charge < -0.3 is 19.5 Å². The van der Waals surface area contributed by atoms with Crippen molar-refractivity contribution in [2.24, 2.45) is 5.92 Å². The van der Waals surface area contributed by atoms with Gasteiger partial charge in [-0.3, -0.25) is 9.69 Å². The predicted molar refractivity (Wildman–Crippen MR) is 116 cm³/mol. The normalized spacial score (nSPS) is 29.9. The van der Waals surface area contributed by atoms with Gasteiger partial charge in [0.15, 0.2) is 0 Å². The average Bonchev–Trinajstić information content (AvgIpc) is 2.79. The van der Waals surface area contributed by atoms with Crippen molar-refractivity contribution in [3.05, 3.63) is 23.8 Å². The van der Waals surface area contributed by atoms with Crippen LogP contribution in [0.5, 0.6) is 11.5 Å². The number of nitrogens with zero attached hydrogens (tertiary/aromatic N) is 2. The molecule has 0 aromatic heterocycles. The maximum absolute atomic E-state index is 13.1. The Bertz CT molecular complexity index is 749. The van der Waals surface area contributed by atoms with Gasteiger partial charge in [-0.25, -0.2) is 0 Å². The first-order valence-electron chi connectivity index (χ1n) is 11.5. The van der Waals surface area contributed by atoms with Crippen LogP contribution in [0.3, 0.4) is 0 Å². The SMILES string of the molecule is COc1ccc(OC)c(C2C3CCCCC3(O)CCN2CC(=O)N2CCCCC2)c1. The minimum Gasteiger partial charge on any atom is -0.497 e. The van der Waals surface area contributed by atoms with Gasteiger partial charge in [0.2, 0.25) is 5.91 Å². The summed E-state index contributed by atoms with van der Waals surface area (Å²) >= 11 is 0. The van der Waals surface area contributed by atoms with Crippen molar-refractivity contribution in [2.45, 2.75) is 63.0 Å². The van der Waals surface area contributed by atoms with Gasteiger partial charge in [0.1, 0.15) is 11.5 Å². The molecule has 3 unspecified atom stereocenters. The Labute approximate surface area is 180 Å². The minimum absolute atomic E-state index is 0.0529. The molecule has 3 aliphatic rings. The predicted octanol–water partition coefficient (Wildman–Crippen LogP) is 3.38. The van der Waals surface area contributed by atoms with Crippen molar-refractivity contribution in [3.63, 3.8) is 0 Å². The van der Waals surface area contributed by atoms with E-state index in [4.69, 9.17) is 9.47 Å². The summed E-state index contributed by atoms with van der Waals surface area (Å²) in [6.07, 6.45) is 8.14. The zero-order valence-corrected chi connectivity index (χ0v) is 18.4. The average molecular weight is 417 g/mol. The second-order valence-electron chi connectivity index (χ2n) is 9.17. The van der Waals surface area contributed by atoms with Crippen molar-refractivity contribution < 1.29 is 19.4 Å². The van der Waals surface area contributed by atoms with Crippen LogP contribution in [0, 0.1) is 5.92 Å². The molecule has 2 heterocycles. The lowest BCUT2D eigenvalue weighted by atomic mass is 9.66. The number of rotatable bonds is 5. The first-order chi connectivity index (χ1) is 14.6. The van der Waals surface area contributed by atoms with Crippen LogP contribution in [0.2, 0.25) is 0 Å². The van der Waals surface area contributed by atoms with Gasteiger partial charge >= 0.3 is 0 Å². The number of likely N-dealkylation sites (tertiary alicyclic amines) is 2. The lowest BCUT2D eigenvalue weighted by molar-refractivity contribution is -0.145. The van der Waals surface area contributed by atoms with Gasteiger partial charge in [0, 0.05) is 37.2 Å². The lowest BCUT2D eigenvalue weighted by Crippen LogP contribution is -2.56. The molecule has 3 atom stereocenters. The van der Waals surface area contributed by atoms with Gasteiger partial charge in [-0.05, 0) is 56.7 Å². The molecular formula is C24H36N2O4. The maximum atomic E-state index is 13.1. The largest absolute Gasteiger partial charge is 0.497 e. The molecule has 6 heteroatoms. The molecule has 4 rings (SSSR count). The molecule has 1 saturated carbocycles. The summed E-state index contributed by atoms with van der Waals surface area (Å²) in [7, 11) is 3.35. The topological polar surface area (TPSA) is 62.2 Å². The minimum atomic E-state index is -0.665. The number of hydrogen-bond acceptors (Lipinski definition) is 5. The van der Waals surface area contributed by atoms with Crippen LogP contribution in [0.25, 0.3) is 0 Å². The highest BCUT2D eigenvalue weighted by molar-refractivity contribution is 5.78. The first-order valence-corrected chi connectivity index (χ1v) is 11.5. The molecule has 1 amide bonds. The van der Waals surface area contributed by atoms with Gasteiger partial charge in [0.05, 0.1) is 26.4 Å². The highest BCUT2D eigenvalue weighted by Gasteiger charge is 2.50. The summed E-state index contributed by atoms with van der Waals surface area (Å²) in [4.78, 5) is 17.4. The lowest BCUT2D eigenvalue weighted by Gasteiger charge is -2.53. The molecule has 1 aliphatic carbocycles. The van der Waals surface area contributed by atoms with Gasteiger partial charge in [-0.2, -0.15) is 0 Å². The van der Waals surface area contributed by atoms with Crippen LogP contribution in [0.4, 0.5) is 0 Å². The van der Waals surface area contributed by atoms with Crippen LogP contribution in [0.1, 0.15) is 63.0 Å². The zero-order valence-electron chi connectivity index (χ0n) is 18.4. The number of carbonyl (C=O) groups is 1. The van der Waals surface area contributed by atoms with Crippen molar-refractivity contribution in [1.29, 1.82) is 0 Å². The number of fused-ring (bicyclic) bond motifs is 1. The first kappa shape index (κ1) is 21.4.